The summed E-state index contributed by atoms with van der Waals surface area (Å²) in [5.41, 5.74) is -2.08. The van der Waals surface area contributed by atoms with Crippen LogP contribution < -0.4 is 0 Å². The summed E-state index contributed by atoms with van der Waals surface area (Å²) in [6.45, 7) is 0. The maximum absolute atomic E-state index is 13.2. The van der Waals surface area contributed by atoms with E-state index in [0.717, 1.165) is 0 Å². The highest BCUT2D eigenvalue weighted by Gasteiger charge is 2.30. The molecule has 0 radical (unpaired) electrons. The lowest BCUT2D eigenvalue weighted by Gasteiger charge is -2.06. The third kappa shape index (κ3) is 2.26. The maximum atomic E-state index is 13.2. The van der Waals surface area contributed by atoms with Gasteiger partial charge in [-0.25, -0.2) is 26.3 Å². The van der Waals surface area contributed by atoms with Gasteiger partial charge >= 0.3 is 0 Å². The van der Waals surface area contributed by atoms with E-state index >= 15 is 0 Å². The average Bonchev–Trinajstić information content (AvgIpc) is 2.32. The lowest BCUT2D eigenvalue weighted by molar-refractivity contribution is 0.374. The highest BCUT2D eigenvalue weighted by atomic mass is 32.2. The molecule has 0 spiro atoms. The van der Waals surface area contributed by atoms with Crippen molar-refractivity contribution in [2.45, 2.75) is 0 Å². The second-order valence-electron chi connectivity index (χ2n) is 2.99. The molecule has 0 aromatic heterocycles. The van der Waals surface area contributed by atoms with Crippen molar-refractivity contribution < 1.29 is 34.9 Å². The Morgan fingerprint density at radius 2 is 1.17 bits per heavy atom. The Morgan fingerprint density at radius 3 is 1.50 bits per heavy atom. The van der Waals surface area contributed by atoms with Crippen LogP contribution in [0, 0.1) is 29.1 Å². The van der Waals surface area contributed by atoms with Gasteiger partial charge in [0, 0.05) is 6.26 Å². The van der Waals surface area contributed by atoms with Gasteiger partial charge in [0.05, 0.1) is 16.4 Å². The van der Waals surface area contributed by atoms with Crippen LogP contribution in [0.5, 0.6) is 0 Å². The van der Waals surface area contributed by atoms with E-state index in [9.17, 15) is 34.9 Å². The second-order valence-corrected chi connectivity index (χ2v) is 4.25. The molecule has 1 atom stereocenters. The average molecular weight is 292 g/mol. The summed E-state index contributed by atoms with van der Waals surface area (Å²) in [5.74, 6) is -14.8. The van der Waals surface area contributed by atoms with Crippen molar-refractivity contribution in [2.24, 2.45) is 0 Å². The van der Waals surface area contributed by atoms with Crippen LogP contribution in [0.25, 0.3) is 5.83 Å². The number of hydrogen-bond donors (Lipinski definition) is 0. The molecule has 0 bridgehead atoms. The summed E-state index contributed by atoms with van der Waals surface area (Å²) in [4.78, 5) is 0. The monoisotopic (exact) mass is 292 g/mol. The molecule has 100 valence electrons. The summed E-state index contributed by atoms with van der Waals surface area (Å²) in [6, 6.07) is 0. The fourth-order valence-electron chi connectivity index (χ4n) is 1.02. The summed E-state index contributed by atoms with van der Waals surface area (Å²) in [6.07, 6.45) is 0.626. The standard InChI is InChI=1S/C9H3F7OS/c1-18(17)9(16)5(12)2-3(10)6(13)8(15)7(14)4(2)11/h1H3. The normalized spacial score (nSPS) is 14.4. The minimum atomic E-state index is -2.61. The van der Waals surface area contributed by atoms with Crippen molar-refractivity contribution in [3.63, 3.8) is 0 Å². The number of benzene rings is 1. The summed E-state index contributed by atoms with van der Waals surface area (Å²) in [5, 5.41) is -2.13. The van der Waals surface area contributed by atoms with Crippen LogP contribution >= 0.6 is 0 Å². The molecular weight excluding hydrogens is 289 g/mol. The van der Waals surface area contributed by atoms with E-state index in [2.05, 4.69) is 0 Å². The molecule has 1 aromatic carbocycles. The molecule has 0 heterocycles. The SMILES string of the molecule is CS(=O)C(F)=C(F)c1c(F)c(F)c(F)c(F)c1F. The Morgan fingerprint density at radius 1 is 0.833 bits per heavy atom. The third-order valence-corrected chi connectivity index (χ3v) is 2.54. The summed E-state index contributed by atoms with van der Waals surface area (Å²) < 4.78 is 101. The Hall–Kier alpha value is -1.38. The quantitative estimate of drug-likeness (QED) is 0.464. The molecule has 1 aromatic rings. The lowest BCUT2D eigenvalue weighted by Crippen LogP contribution is -2.06. The predicted molar refractivity (Wildman–Crippen MR) is 49.4 cm³/mol. The number of halogens is 7. The van der Waals surface area contributed by atoms with E-state index < -0.39 is 56.4 Å². The Balaban J connectivity index is 3.73. The van der Waals surface area contributed by atoms with Crippen molar-refractivity contribution >= 4 is 16.6 Å². The highest BCUT2D eigenvalue weighted by molar-refractivity contribution is 7.88. The van der Waals surface area contributed by atoms with Gasteiger partial charge in [-0.2, -0.15) is 4.39 Å². The van der Waals surface area contributed by atoms with Crippen molar-refractivity contribution in [2.75, 3.05) is 6.26 Å². The minimum Gasteiger partial charge on any atom is -0.252 e. The Bertz CT molecular complexity index is 538. The molecule has 0 fully saturated rings. The zero-order chi connectivity index (χ0) is 14.2. The van der Waals surface area contributed by atoms with E-state index in [1.165, 1.54) is 0 Å². The van der Waals surface area contributed by atoms with Gasteiger partial charge in [-0.3, -0.25) is 4.21 Å². The van der Waals surface area contributed by atoms with Gasteiger partial charge in [0.2, 0.25) is 11.0 Å². The van der Waals surface area contributed by atoms with Crippen molar-refractivity contribution in [3.8, 4) is 0 Å². The van der Waals surface area contributed by atoms with Gasteiger partial charge < -0.3 is 0 Å². The summed E-state index contributed by atoms with van der Waals surface area (Å²) in [7, 11) is -2.61. The van der Waals surface area contributed by atoms with E-state index in [1.807, 2.05) is 0 Å². The molecule has 1 rings (SSSR count). The first-order valence-electron chi connectivity index (χ1n) is 4.10. The first kappa shape index (κ1) is 14.7. The molecule has 0 saturated carbocycles. The van der Waals surface area contributed by atoms with Crippen molar-refractivity contribution in [3.05, 3.63) is 39.8 Å². The van der Waals surface area contributed by atoms with E-state index in [1.54, 1.807) is 0 Å². The van der Waals surface area contributed by atoms with Gasteiger partial charge in [-0.05, 0) is 0 Å². The number of rotatable bonds is 2. The minimum absolute atomic E-state index is 0.626. The first-order chi connectivity index (χ1) is 8.20. The molecule has 0 aliphatic rings. The Labute approximate surface area is 98.4 Å². The van der Waals surface area contributed by atoms with Gasteiger partial charge in [0.15, 0.2) is 29.1 Å². The topological polar surface area (TPSA) is 17.1 Å². The van der Waals surface area contributed by atoms with Gasteiger partial charge in [-0.1, -0.05) is 0 Å². The molecule has 0 aliphatic heterocycles. The highest BCUT2D eigenvalue weighted by Crippen LogP contribution is 2.31. The molecule has 1 nitrogen and oxygen atoms in total. The number of hydrogen-bond acceptors (Lipinski definition) is 1. The predicted octanol–water partition coefficient (Wildman–Crippen LogP) is 3.33. The lowest BCUT2D eigenvalue weighted by atomic mass is 10.1. The fraction of sp³-hybridized carbons (Fsp3) is 0.111. The van der Waals surface area contributed by atoms with Crippen LogP contribution in [0.2, 0.25) is 0 Å². The smallest absolute Gasteiger partial charge is 0.222 e. The molecule has 0 N–H and O–H groups in total. The van der Waals surface area contributed by atoms with Crippen LogP contribution in [0.15, 0.2) is 5.16 Å². The summed E-state index contributed by atoms with van der Waals surface area (Å²) >= 11 is 0. The fourth-order valence-corrected chi connectivity index (χ4v) is 1.38. The van der Waals surface area contributed by atoms with Crippen molar-refractivity contribution in [1.82, 2.24) is 0 Å². The van der Waals surface area contributed by atoms with Gasteiger partial charge in [0.1, 0.15) is 0 Å². The van der Waals surface area contributed by atoms with E-state index in [0.29, 0.717) is 6.26 Å². The maximum Gasteiger partial charge on any atom is 0.222 e. The zero-order valence-corrected chi connectivity index (χ0v) is 9.28. The van der Waals surface area contributed by atoms with Crippen LogP contribution in [-0.2, 0) is 10.8 Å². The van der Waals surface area contributed by atoms with Crippen LogP contribution in [0.4, 0.5) is 30.7 Å². The van der Waals surface area contributed by atoms with Gasteiger partial charge in [-0.15, -0.1) is 0 Å². The molecular formula is C9H3F7OS. The molecule has 0 aliphatic carbocycles. The van der Waals surface area contributed by atoms with Crippen molar-refractivity contribution in [1.29, 1.82) is 0 Å². The second kappa shape index (κ2) is 5.09. The molecule has 18 heavy (non-hydrogen) atoms. The van der Waals surface area contributed by atoms with Gasteiger partial charge in [0.25, 0.3) is 0 Å². The van der Waals surface area contributed by atoms with Crippen LogP contribution in [0.1, 0.15) is 5.56 Å². The zero-order valence-electron chi connectivity index (χ0n) is 8.46. The van der Waals surface area contributed by atoms with E-state index in [4.69, 9.17) is 0 Å². The molecule has 0 amide bonds. The largest absolute Gasteiger partial charge is 0.252 e. The third-order valence-electron chi connectivity index (χ3n) is 1.85. The Kier molecular flexibility index (Phi) is 4.15. The van der Waals surface area contributed by atoms with Crippen LogP contribution in [0.3, 0.4) is 0 Å². The molecule has 1 unspecified atom stereocenters. The molecule has 9 heteroatoms. The first-order valence-corrected chi connectivity index (χ1v) is 5.66. The van der Waals surface area contributed by atoms with Crippen LogP contribution in [-0.4, -0.2) is 10.5 Å². The van der Waals surface area contributed by atoms with E-state index in [-0.39, 0.29) is 0 Å². The molecule has 0 saturated heterocycles.